The van der Waals surface area contributed by atoms with E-state index in [4.69, 9.17) is 11.6 Å². The summed E-state index contributed by atoms with van der Waals surface area (Å²) in [6, 6.07) is 0. The highest BCUT2D eigenvalue weighted by Crippen LogP contribution is 2.00. The van der Waals surface area contributed by atoms with Crippen LogP contribution in [0.4, 0.5) is 0 Å². The maximum atomic E-state index is 5.51. The third kappa shape index (κ3) is 1.20. The Kier molecular flexibility index (Phi) is 1.79. The zero-order valence-electron chi connectivity index (χ0n) is 5.62. The van der Waals surface area contributed by atoms with Crippen LogP contribution in [-0.4, -0.2) is 16.7 Å². The molecule has 0 radical (unpaired) electrons. The standard InChI is InChI=1S/C5H11N5/c1-2-3-9-5(6)4-10(7)8-9/h2,4,8H,1,3,6-7H2. The van der Waals surface area contributed by atoms with Crippen LogP contribution in [0.3, 0.4) is 0 Å². The van der Waals surface area contributed by atoms with Crippen LogP contribution in [0.5, 0.6) is 0 Å². The summed E-state index contributed by atoms with van der Waals surface area (Å²) in [5, 5.41) is 2.96. The highest BCUT2D eigenvalue weighted by Gasteiger charge is 2.12. The molecular formula is C5H11N5. The molecule has 0 fully saturated rings. The van der Waals surface area contributed by atoms with Crippen LogP contribution < -0.4 is 17.1 Å². The Morgan fingerprint density at radius 3 is 2.90 bits per heavy atom. The molecule has 1 aliphatic heterocycles. The number of hydrazine groups is 3. The molecule has 0 saturated heterocycles. The van der Waals surface area contributed by atoms with Crippen molar-refractivity contribution in [3.8, 4) is 0 Å². The Bertz CT molecular complexity index is 163. The molecule has 56 valence electrons. The number of nitrogens with one attached hydrogen (secondary N) is 1. The van der Waals surface area contributed by atoms with E-state index in [1.54, 1.807) is 17.3 Å². The van der Waals surface area contributed by atoms with E-state index in [1.165, 1.54) is 5.12 Å². The lowest BCUT2D eigenvalue weighted by Crippen LogP contribution is -2.44. The molecule has 5 N–H and O–H groups in total. The van der Waals surface area contributed by atoms with E-state index < -0.39 is 0 Å². The van der Waals surface area contributed by atoms with E-state index in [0.29, 0.717) is 12.4 Å². The van der Waals surface area contributed by atoms with E-state index in [0.717, 1.165) is 0 Å². The minimum absolute atomic E-state index is 0.586. The van der Waals surface area contributed by atoms with Crippen molar-refractivity contribution in [2.75, 3.05) is 6.54 Å². The van der Waals surface area contributed by atoms with Crippen molar-refractivity contribution in [2.45, 2.75) is 0 Å². The number of nitrogens with zero attached hydrogens (tertiary/aromatic N) is 2. The Balaban J connectivity index is 2.50. The molecule has 5 nitrogen and oxygen atoms in total. The first-order valence-corrected chi connectivity index (χ1v) is 2.90. The summed E-state index contributed by atoms with van der Waals surface area (Å²) in [5.41, 5.74) is 8.27. The van der Waals surface area contributed by atoms with Crippen molar-refractivity contribution in [3.63, 3.8) is 0 Å². The fourth-order valence-electron chi connectivity index (χ4n) is 0.714. The van der Waals surface area contributed by atoms with Crippen LogP contribution in [0.1, 0.15) is 0 Å². The third-order valence-electron chi connectivity index (χ3n) is 1.13. The van der Waals surface area contributed by atoms with Crippen molar-refractivity contribution < 1.29 is 0 Å². The maximum absolute atomic E-state index is 5.51. The molecule has 0 aromatic rings. The Labute approximate surface area is 59.5 Å². The second-order valence-electron chi connectivity index (χ2n) is 1.96. The minimum atomic E-state index is 0.586. The first-order valence-electron chi connectivity index (χ1n) is 2.90. The molecule has 0 aliphatic carbocycles. The molecule has 0 aromatic carbocycles. The van der Waals surface area contributed by atoms with Gasteiger partial charge in [-0.1, -0.05) is 6.08 Å². The summed E-state index contributed by atoms with van der Waals surface area (Å²) in [6.07, 6.45) is 3.32. The topological polar surface area (TPSA) is 70.5 Å². The van der Waals surface area contributed by atoms with Gasteiger partial charge in [0.2, 0.25) is 0 Å². The average molecular weight is 141 g/mol. The van der Waals surface area contributed by atoms with E-state index in [2.05, 4.69) is 12.1 Å². The van der Waals surface area contributed by atoms with E-state index in [1.807, 2.05) is 0 Å². The zero-order chi connectivity index (χ0) is 7.56. The number of hydrogen-bond acceptors (Lipinski definition) is 5. The monoisotopic (exact) mass is 141 g/mol. The minimum Gasteiger partial charge on any atom is -0.383 e. The van der Waals surface area contributed by atoms with Crippen LogP contribution in [0.2, 0.25) is 0 Å². The molecule has 10 heavy (non-hydrogen) atoms. The summed E-state index contributed by atoms with van der Waals surface area (Å²) < 4.78 is 0. The van der Waals surface area contributed by atoms with Gasteiger partial charge < -0.3 is 5.73 Å². The molecule has 1 rings (SSSR count). The molecule has 1 heterocycles. The third-order valence-corrected chi connectivity index (χ3v) is 1.13. The van der Waals surface area contributed by atoms with Crippen LogP contribution in [0, 0.1) is 0 Å². The lowest BCUT2D eigenvalue weighted by molar-refractivity contribution is 0.141. The largest absolute Gasteiger partial charge is 0.383 e. The predicted octanol–water partition coefficient (Wildman–Crippen LogP) is -1.16. The van der Waals surface area contributed by atoms with Gasteiger partial charge >= 0.3 is 0 Å². The van der Waals surface area contributed by atoms with Crippen LogP contribution in [-0.2, 0) is 0 Å². The summed E-state index contributed by atoms with van der Waals surface area (Å²) >= 11 is 0. The van der Waals surface area contributed by atoms with Gasteiger partial charge in [0.15, 0.2) is 0 Å². The van der Waals surface area contributed by atoms with Gasteiger partial charge in [0.05, 0.1) is 12.7 Å². The van der Waals surface area contributed by atoms with Crippen molar-refractivity contribution in [2.24, 2.45) is 11.6 Å². The van der Waals surface area contributed by atoms with Crippen molar-refractivity contribution in [1.29, 1.82) is 0 Å². The molecule has 0 bridgehead atoms. The van der Waals surface area contributed by atoms with Crippen LogP contribution >= 0.6 is 0 Å². The van der Waals surface area contributed by atoms with E-state index in [-0.39, 0.29) is 0 Å². The summed E-state index contributed by atoms with van der Waals surface area (Å²) in [6.45, 7) is 4.19. The first-order chi connectivity index (χ1) is 4.74. The second kappa shape index (κ2) is 2.59. The summed E-state index contributed by atoms with van der Waals surface area (Å²) in [7, 11) is 0. The molecule has 0 unspecified atom stereocenters. The van der Waals surface area contributed by atoms with Gasteiger partial charge in [0.1, 0.15) is 5.82 Å². The molecule has 5 heteroatoms. The van der Waals surface area contributed by atoms with Crippen molar-refractivity contribution in [3.05, 3.63) is 24.7 Å². The summed E-state index contributed by atoms with van der Waals surface area (Å²) in [4.78, 5) is 0. The zero-order valence-corrected chi connectivity index (χ0v) is 5.62. The highest BCUT2D eigenvalue weighted by atomic mass is 15.9. The second-order valence-corrected chi connectivity index (χ2v) is 1.96. The fourth-order valence-corrected chi connectivity index (χ4v) is 0.714. The SMILES string of the molecule is C=CCN1NN(N)C=C1N. The van der Waals surface area contributed by atoms with Crippen LogP contribution in [0.15, 0.2) is 24.7 Å². The normalized spacial score (nSPS) is 17.5. The first kappa shape index (κ1) is 6.91. The molecular weight excluding hydrogens is 130 g/mol. The Hall–Kier alpha value is -1.20. The Morgan fingerprint density at radius 2 is 2.50 bits per heavy atom. The molecule has 0 spiro atoms. The van der Waals surface area contributed by atoms with Gasteiger partial charge in [0, 0.05) is 0 Å². The molecule has 1 aliphatic rings. The average Bonchev–Trinajstić information content (AvgIpc) is 2.13. The molecule has 0 saturated carbocycles. The predicted molar refractivity (Wildman–Crippen MR) is 38.3 cm³/mol. The van der Waals surface area contributed by atoms with Gasteiger partial charge in [-0.2, -0.15) is 0 Å². The van der Waals surface area contributed by atoms with Crippen molar-refractivity contribution >= 4 is 0 Å². The molecule has 0 aromatic heterocycles. The lowest BCUT2D eigenvalue weighted by Gasteiger charge is -2.18. The van der Waals surface area contributed by atoms with E-state index in [9.17, 15) is 0 Å². The number of rotatable bonds is 2. The van der Waals surface area contributed by atoms with Gasteiger partial charge in [-0.25, -0.2) is 11.0 Å². The lowest BCUT2D eigenvalue weighted by atomic mass is 10.6. The highest BCUT2D eigenvalue weighted by molar-refractivity contribution is 4.98. The summed E-state index contributed by atoms with van der Waals surface area (Å²) in [5.74, 6) is 5.92. The van der Waals surface area contributed by atoms with Gasteiger partial charge in [-0.15, -0.1) is 12.1 Å². The van der Waals surface area contributed by atoms with Crippen molar-refractivity contribution in [1.82, 2.24) is 15.7 Å². The molecule has 0 amide bonds. The molecule has 0 atom stereocenters. The van der Waals surface area contributed by atoms with E-state index >= 15 is 0 Å². The fraction of sp³-hybridized carbons (Fsp3) is 0.200. The quantitative estimate of drug-likeness (QED) is 0.334. The Morgan fingerprint density at radius 1 is 1.80 bits per heavy atom. The van der Waals surface area contributed by atoms with Gasteiger partial charge in [0.25, 0.3) is 0 Å². The number of hydrogen-bond donors (Lipinski definition) is 3. The van der Waals surface area contributed by atoms with Gasteiger partial charge in [-0.3, -0.25) is 5.01 Å². The maximum Gasteiger partial charge on any atom is 0.135 e. The van der Waals surface area contributed by atoms with Crippen LogP contribution in [0.25, 0.3) is 0 Å². The number of nitrogens with two attached hydrogens (primary N) is 2. The van der Waals surface area contributed by atoms with Gasteiger partial charge in [-0.05, 0) is 0 Å². The smallest absolute Gasteiger partial charge is 0.135 e.